The average Bonchev–Trinajstić information content (AvgIpc) is 3.00. The summed E-state index contributed by atoms with van der Waals surface area (Å²) >= 11 is 0. The Morgan fingerprint density at radius 1 is 1.32 bits per heavy atom. The molecule has 1 saturated carbocycles. The van der Waals surface area contributed by atoms with Crippen molar-refractivity contribution in [2.75, 3.05) is 13.6 Å². The second kappa shape index (κ2) is 5.70. The highest BCUT2D eigenvalue weighted by Gasteiger charge is 2.38. The van der Waals surface area contributed by atoms with E-state index in [-0.39, 0.29) is 24.4 Å². The van der Waals surface area contributed by atoms with Gasteiger partial charge in [-0.1, -0.05) is 18.2 Å². The zero-order chi connectivity index (χ0) is 15.9. The molecule has 3 atom stereocenters. The molecule has 118 valence electrons. The van der Waals surface area contributed by atoms with Crippen molar-refractivity contribution in [3.63, 3.8) is 0 Å². The number of fused-ring (bicyclic) bond motifs is 1. The standard InChI is InChI=1S/C16H20N2O4/c1-17(12-6-7-13(19)15(12)21)14(20)9-18-8-10-4-2-3-5-11(10)16(18)22/h2-5,12-13,15,19,21H,6-9H2,1H3/t12-,13-,15-/m1/s1. The van der Waals surface area contributed by atoms with Crippen molar-refractivity contribution in [3.8, 4) is 0 Å². The van der Waals surface area contributed by atoms with Gasteiger partial charge in [0.05, 0.1) is 12.1 Å². The van der Waals surface area contributed by atoms with Crippen molar-refractivity contribution in [2.24, 2.45) is 0 Å². The maximum Gasteiger partial charge on any atom is 0.254 e. The third-order valence-corrected chi connectivity index (χ3v) is 4.66. The summed E-state index contributed by atoms with van der Waals surface area (Å²) in [7, 11) is 1.61. The van der Waals surface area contributed by atoms with Crippen LogP contribution in [0, 0.1) is 0 Å². The number of nitrogens with zero attached hydrogens (tertiary/aromatic N) is 2. The predicted octanol–water partition coefficient (Wildman–Crippen LogP) is -0.0150. The molecule has 1 aliphatic heterocycles. The van der Waals surface area contributed by atoms with E-state index in [4.69, 9.17) is 0 Å². The molecule has 0 aromatic heterocycles. The summed E-state index contributed by atoms with van der Waals surface area (Å²) in [6.07, 6.45) is -0.644. The molecule has 1 aromatic rings. The minimum atomic E-state index is -0.916. The number of likely N-dealkylation sites (N-methyl/N-ethyl adjacent to an activating group) is 1. The molecular weight excluding hydrogens is 284 g/mol. The first kappa shape index (κ1) is 15.0. The lowest BCUT2D eigenvalue weighted by atomic mass is 10.1. The lowest BCUT2D eigenvalue weighted by Crippen LogP contribution is -2.47. The van der Waals surface area contributed by atoms with Crippen LogP contribution in [-0.2, 0) is 11.3 Å². The molecule has 6 heteroatoms. The number of carbonyl (C=O) groups is 2. The van der Waals surface area contributed by atoms with Gasteiger partial charge in [-0.2, -0.15) is 0 Å². The van der Waals surface area contributed by atoms with Crippen LogP contribution in [0.2, 0.25) is 0 Å². The molecule has 1 aliphatic carbocycles. The predicted molar refractivity (Wildman–Crippen MR) is 79.0 cm³/mol. The molecule has 3 rings (SSSR count). The zero-order valence-corrected chi connectivity index (χ0v) is 12.5. The van der Waals surface area contributed by atoms with E-state index in [9.17, 15) is 19.8 Å². The summed E-state index contributed by atoms with van der Waals surface area (Å²) in [5.41, 5.74) is 1.58. The fourth-order valence-electron chi connectivity index (χ4n) is 3.26. The largest absolute Gasteiger partial charge is 0.390 e. The molecule has 22 heavy (non-hydrogen) atoms. The minimum Gasteiger partial charge on any atom is -0.390 e. The molecule has 0 radical (unpaired) electrons. The lowest BCUT2D eigenvalue weighted by molar-refractivity contribution is -0.135. The van der Waals surface area contributed by atoms with Crippen molar-refractivity contribution in [2.45, 2.75) is 37.6 Å². The number of rotatable bonds is 3. The van der Waals surface area contributed by atoms with Gasteiger partial charge in [0.15, 0.2) is 0 Å². The van der Waals surface area contributed by atoms with E-state index in [1.54, 1.807) is 13.1 Å². The van der Waals surface area contributed by atoms with E-state index in [1.807, 2.05) is 18.2 Å². The van der Waals surface area contributed by atoms with Crippen molar-refractivity contribution in [1.29, 1.82) is 0 Å². The van der Waals surface area contributed by atoms with Crippen LogP contribution in [0.4, 0.5) is 0 Å². The Bertz CT molecular complexity index is 604. The van der Waals surface area contributed by atoms with Gasteiger partial charge < -0.3 is 20.0 Å². The van der Waals surface area contributed by atoms with Gasteiger partial charge in [-0.05, 0) is 24.5 Å². The van der Waals surface area contributed by atoms with E-state index >= 15 is 0 Å². The number of hydrogen-bond acceptors (Lipinski definition) is 4. The van der Waals surface area contributed by atoms with E-state index in [0.717, 1.165) is 5.56 Å². The first-order chi connectivity index (χ1) is 10.5. The number of amides is 2. The third-order valence-electron chi connectivity index (χ3n) is 4.66. The Morgan fingerprint density at radius 3 is 2.68 bits per heavy atom. The van der Waals surface area contributed by atoms with Gasteiger partial charge in [0.1, 0.15) is 12.6 Å². The maximum absolute atomic E-state index is 12.4. The van der Waals surface area contributed by atoms with Crippen LogP contribution in [-0.4, -0.2) is 63.7 Å². The lowest BCUT2D eigenvalue weighted by Gasteiger charge is -2.29. The van der Waals surface area contributed by atoms with E-state index in [2.05, 4.69) is 0 Å². The highest BCUT2D eigenvalue weighted by atomic mass is 16.3. The molecule has 2 N–H and O–H groups in total. The Morgan fingerprint density at radius 2 is 2.05 bits per heavy atom. The topological polar surface area (TPSA) is 81.1 Å². The van der Waals surface area contributed by atoms with Crippen LogP contribution < -0.4 is 0 Å². The van der Waals surface area contributed by atoms with Crippen molar-refractivity contribution >= 4 is 11.8 Å². The number of carbonyl (C=O) groups excluding carboxylic acids is 2. The van der Waals surface area contributed by atoms with Crippen LogP contribution >= 0.6 is 0 Å². The van der Waals surface area contributed by atoms with Crippen LogP contribution in [0.15, 0.2) is 24.3 Å². The number of benzene rings is 1. The molecule has 0 saturated heterocycles. The average molecular weight is 304 g/mol. The van der Waals surface area contributed by atoms with E-state index in [0.29, 0.717) is 24.9 Å². The third kappa shape index (κ3) is 2.48. The van der Waals surface area contributed by atoms with Crippen LogP contribution in [0.5, 0.6) is 0 Å². The Balaban J connectivity index is 1.65. The van der Waals surface area contributed by atoms with Gasteiger partial charge in [0.2, 0.25) is 5.91 Å². The minimum absolute atomic E-state index is 0.0106. The molecule has 0 unspecified atom stereocenters. The molecule has 2 amide bonds. The Hall–Kier alpha value is -1.92. The number of aliphatic hydroxyl groups excluding tert-OH is 2. The fourth-order valence-corrected chi connectivity index (χ4v) is 3.26. The maximum atomic E-state index is 12.4. The second-order valence-electron chi connectivity index (χ2n) is 6.03. The van der Waals surface area contributed by atoms with Crippen LogP contribution in [0.25, 0.3) is 0 Å². The second-order valence-corrected chi connectivity index (χ2v) is 6.03. The SMILES string of the molecule is CN(C(=O)CN1Cc2ccccc2C1=O)[C@@H]1CC[C@@H](O)[C@@H]1O. The summed E-state index contributed by atoms with van der Waals surface area (Å²) in [6, 6.07) is 6.95. The first-order valence-corrected chi connectivity index (χ1v) is 7.48. The Labute approximate surface area is 129 Å². The number of aliphatic hydroxyl groups is 2. The summed E-state index contributed by atoms with van der Waals surface area (Å²) in [4.78, 5) is 27.6. The highest BCUT2D eigenvalue weighted by Crippen LogP contribution is 2.25. The normalized spacial score (nSPS) is 27.1. The summed E-state index contributed by atoms with van der Waals surface area (Å²) in [6.45, 7) is 0.424. The quantitative estimate of drug-likeness (QED) is 0.823. The molecule has 6 nitrogen and oxygen atoms in total. The van der Waals surface area contributed by atoms with Gasteiger partial charge in [-0.25, -0.2) is 0 Å². The van der Waals surface area contributed by atoms with E-state index in [1.165, 1.54) is 9.80 Å². The van der Waals surface area contributed by atoms with Crippen LogP contribution in [0.1, 0.15) is 28.8 Å². The molecule has 0 spiro atoms. The van der Waals surface area contributed by atoms with Gasteiger partial charge in [-0.3, -0.25) is 9.59 Å². The fraction of sp³-hybridized carbons (Fsp3) is 0.500. The molecular formula is C16H20N2O4. The highest BCUT2D eigenvalue weighted by molar-refractivity contribution is 6.00. The van der Waals surface area contributed by atoms with Gasteiger partial charge >= 0.3 is 0 Å². The molecule has 1 aromatic carbocycles. The molecule has 0 bridgehead atoms. The van der Waals surface area contributed by atoms with E-state index < -0.39 is 12.2 Å². The van der Waals surface area contributed by atoms with Crippen molar-refractivity contribution in [3.05, 3.63) is 35.4 Å². The zero-order valence-electron chi connectivity index (χ0n) is 12.5. The first-order valence-electron chi connectivity index (χ1n) is 7.48. The van der Waals surface area contributed by atoms with Crippen molar-refractivity contribution in [1.82, 2.24) is 9.80 Å². The smallest absolute Gasteiger partial charge is 0.254 e. The summed E-state index contributed by atoms with van der Waals surface area (Å²) < 4.78 is 0. The summed E-state index contributed by atoms with van der Waals surface area (Å²) in [5, 5.41) is 19.5. The number of hydrogen-bond donors (Lipinski definition) is 2. The Kier molecular flexibility index (Phi) is 3.88. The molecule has 2 aliphatic rings. The van der Waals surface area contributed by atoms with Gasteiger partial charge in [-0.15, -0.1) is 0 Å². The molecule has 1 fully saturated rings. The van der Waals surface area contributed by atoms with Crippen LogP contribution in [0.3, 0.4) is 0 Å². The summed E-state index contributed by atoms with van der Waals surface area (Å²) in [5.74, 6) is -0.358. The van der Waals surface area contributed by atoms with Crippen molar-refractivity contribution < 1.29 is 19.8 Å². The monoisotopic (exact) mass is 304 g/mol. The molecule has 1 heterocycles. The van der Waals surface area contributed by atoms with Gasteiger partial charge in [0, 0.05) is 19.2 Å². The van der Waals surface area contributed by atoms with Gasteiger partial charge in [0.25, 0.3) is 5.91 Å².